The topological polar surface area (TPSA) is 21.3 Å². The van der Waals surface area contributed by atoms with E-state index in [0.717, 1.165) is 19.6 Å². The van der Waals surface area contributed by atoms with E-state index in [1.54, 1.807) is 7.11 Å². The molecule has 0 aromatic heterocycles. The van der Waals surface area contributed by atoms with Gasteiger partial charge in [-0.25, -0.2) is 0 Å². The smallest absolute Gasteiger partial charge is 0.0477 e. The second-order valence-corrected chi connectivity index (χ2v) is 3.40. The summed E-state index contributed by atoms with van der Waals surface area (Å²) in [5, 5.41) is 3.42. The fraction of sp³-hybridized carbons (Fsp3) is 1.00. The molecule has 3 heteroatoms. The van der Waals surface area contributed by atoms with Crippen molar-refractivity contribution < 1.29 is 4.74 Å². The first-order chi connectivity index (χ1) is 5.35. The van der Waals surface area contributed by atoms with Crippen molar-refractivity contribution in [3.63, 3.8) is 0 Å². The van der Waals surface area contributed by atoms with Gasteiger partial charge in [0.15, 0.2) is 0 Å². The molecule has 0 saturated carbocycles. The molecule has 0 aliphatic heterocycles. The summed E-state index contributed by atoms with van der Waals surface area (Å²) in [7, 11) is 1.75. The van der Waals surface area contributed by atoms with Crippen LogP contribution in [0.25, 0.3) is 0 Å². The Bertz CT molecular complexity index is 74.5. The minimum Gasteiger partial charge on any atom is -0.385 e. The van der Waals surface area contributed by atoms with Crippen molar-refractivity contribution in [2.24, 2.45) is 0 Å². The van der Waals surface area contributed by atoms with Crippen LogP contribution in [-0.4, -0.2) is 38.3 Å². The lowest BCUT2D eigenvalue weighted by molar-refractivity contribution is 0.186. The largest absolute Gasteiger partial charge is 0.385 e. The molecule has 0 radical (unpaired) electrons. The van der Waals surface area contributed by atoms with Crippen molar-refractivity contribution in [2.75, 3.05) is 32.3 Å². The van der Waals surface area contributed by atoms with Crippen LogP contribution in [0.4, 0.5) is 0 Å². The highest BCUT2D eigenvalue weighted by Crippen LogP contribution is 2.01. The van der Waals surface area contributed by atoms with Crippen molar-refractivity contribution in [3.05, 3.63) is 0 Å². The molecule has 68 valence electrons. The van der Waals surface area contributed by atoms with Crippen LogP contribution >= 0.6 is 11.8 Å². The van der Waals surface area contributed by atoms with Crippen molar-refractivity contribution >= 4 is 11.8 Å². The van der Waals surface area contributed by atoms with Crippen molar-refractivity contribution in [1.82, 2.24) is 5.32 Å². The van der Waals surface area contributed by atoms with Crippen LogP contribution in [-0.2, 0) is 4.74 Å². The second kappa shape index (κ2) is 8.37. The van der Waals surface area contributed by atoms with E-state index in [1.165, 1.54) is 5.75 Å². The first kappa shape index (κ1) is 11.3. The van der Waals surface area contributed by atoms with Crippen molar-refractivity contribution in [3.8, 4) is 0 Å². The monoisotopic (exact) mass is 177 g/mol. The van der Waals surface area contributed by atoms with Gasteiger partial charge in [0.25, 0.3) is 0 Å². The Balaban J connectivity index is 3.34. The summed E-state index contributed by atoms with van der Waals surface area (Å²) in [5.74, 6) is 1.18. The van der Waals surface area contributed by atoms with E-state index in [0.29, 0.717) is 6.04 Å². The molecule has 0 fully saturated rings. The Kier molecular flexibility index (Phi) is 8.57. The van der Waals surface area contributed by atoms with Gasteiger partial charge in [-0.2, -0.15) is 11.8 Å². The zero-order valence-corrected chi connectivity index (χ0v) is 8.54. The first-order valence-electron chi connectivity index (χ1n) is 4.06. The third-order valence-electron chi connectivity index (χ3n) is 1.53. The number of ether oxygens (including phenoxy) is 1. The minimum atomic E-state index is 0.620. The third-order valence-corrected chi connectivity index (χ3v) is 2.27. The minimum absolute atomic E-state index is 0.620. The van der Waals surface area contributed by atoms with Gasteiger partial charge in [-0.1, -0.05) is 6.92 Å². The Morgan fingerprint density at radius 2 is 2.27 bits per heavy atom. The molecule has 0 aromatic carbocycles. The normalized spacial score (nSPS) is 13.4. The van der Waals surface area contributed by atoms with Gasteiger partial charge in [-0.15, -0.1) is 0 Å². The van der Waals surface area contributed by atoms with Gasteiger partial charge in [0, 0.05) is 25.5 Å². The standard InChI is InChI=1S/C8H19NOS/c1-4-9-8(7-11-3)5-6-10-2/h8-9H,4-7H2,1-3H3. The molecule has 0 saturated heterocycles. The van der Waals surface area contributed by atoms with E-state index in [-0.39, 0.29) is 0 Å². The van der Waals surface area contributed by atoms with Crippen LogP contribution in [0, 0.1) is 0 Å². The molecule has 1 unspecified atom stereocenters. The van der Waals surface area contributed by atoms with Crippen LogP contribution in [0.2, 0.25) is 0 Å². The fourth-order valence-corrected chi connectivity index (χ4v) is 1.68. The number of methoxy groups -OCH3 is 1. The van der Waals surface area contributed by atoms with E-state index in [9.17, 15) is 0 Å². The molecular formula is C8H19NOS. The van der Waals surface area contributed by atoms with Gasteiger partial charge in [0.05, 0.1) is 0 Å². The Morgan fingerprint density at radius 3 is 2.73 bits per heavy atom. The molecule has 1 atom stereocenters. The van der Waals surface area contributed by atoms with Crippen LogP contribution in [0.3, 0.4) is 0 Å². The predicted octanol–water partition coefficient (Wildman–Crippen LogP) is 1.36. The Hall–Kier alpha value is 0.270. The molecule has 1 N–H and O–H groups in total. The summed E-state index contributed by atoms with van der Waals surface area (Å²) < 4.78 is 5.02. The average molecular weight is 177 g/mol. The Morgan fingerprint density at radius 1 is 1.55 bits per heavy atom. The van der Waals surface area contributed by atoms with E-state index in [2.05, 4.69) is 18.5 Å². The van der Waals surface area contributed by atoms with E-state index in [1.807, 2.05) is 11.8 Å². The van der Waals surface area contributed by atoms with Crippen molar-refractivity contribution in [2.45, 2.75) is 19.4 Å². The van der Waals surface area contributed by atoms with Gasteiger partial charge in [-0.05, 0) is 19.2 Å². The summed E-state index contributed by atoms with van der Waals surface area (Å²) >= 11 is 1.88. The maximum atomic E-state index is 5.02. The number of nitrogens with one attached hydrogen (secondary N) is 1. The molecular weight excluding hydrogens is 158 g/mol. The number of hydrogen-bond donors (Lipinski definition) is 1. The van der Waals surface area contributed by atoms with Crippen molar-refractivity contribution in [1.29, 1.82) is 0 Å². The van der Waals surface area contributed by atoms with Gasteiger partial charge in [0.1, 0.15) is 0 Å². The van der Waals surface area contributed by atoms with Crippen LogP contribution < -0.4 is 5.32 Å². The van der Waals surface area contributed by atoms with Gasteiger partial charge in [-0.3, -0.25) is 0 Å². The highest BCUT2D eigenvalue weighted by Gasteiger charge is 2.04. The third kappa shape index (κ3) is 6.66. The zero-order valence-electron chi connectivity index (χ0n) is 7.72. The summed E-state index contributed by atoms with van der Waals surface area (Å²) in [5.41, 5.74) is 0. The molecule has 0 spiro atoms. The van der Waals surface area contributed by atoms with Crippen LogP contribution in [0.15, 0.2) is 0 Å². The number of rotatable bonds is 7. The number of hydrogen-bond acceptors (Lipinski definition) is 3. The first-order valence-corrected chi connectivity index (χ1v) is 5.45. The van der Waals surface area contributed by atoms with Gasteiger partial charge >= 0.3 is 0 Å². The maximum absolute atomic E-state index is 5.02. The summed E-state index contributed by atoms with van der Waals surface area (Å²) in [6.07, 6.45) is 3.25. The molecule has 11 heavy (non-hydrogen) atoms. The van der Waals surface area contributed by atoms with E-state index >= 15 is 0 Å². The summed E-state index contributed by atoms with van der Waals surface area (Å²) in [6, 6.07) is 0.620. The second-order valence-electron chi connectivity index (χ2n) is 2.49. The quantitative estimate of drug-likeness (QED) is 0.634. The molecule has 0 aliphatic rings. The molecule has 0 amide bonds. The van der Waals surface area contributed by atoms with Gasteiger partial charge < -0.3 is 10.1 Å². The summed E-state index contributed by atoms with van der Waals surface area (Å²) in [6.45, 7) is 4.05. The molecule has 0 aliphatic carbocycles. The fourth-order valence-electron chi connectivity index (χ4n) is 0.994. The average Bonchev–Trinajstić information content (AvgIpc) is 2.01. The number of thioether (sulfide) groups is 1. The van der Waals surface area contributed by atoms with Crippen LogP contribution in [0.1, 0.15) is 13.3 Å². The van der Waals surface area contributed by atoms with Gasteiger partial charge in [0.2, 0.25) is 0 Å². The molecule has 0 bridgehead atoms. The molecule has 2 nitrogen and oxygen atoms in total. The highest BCUT2D eigenvalue weighted by atomic mass is 32.2. The predicted molar refractivity (Wildman–Crippen MR) is 52.3 cm³/mol. The lowest BCUT2D eigenvalue weighted by Gasteiger charge is -2.15. The SMILES string of the molecule is CCNC(CCOC)CSC. The Labute approximate surface area is 74.1 Å². The molecule has 0 rings (SSSR count). The lowest BCUT2D eigenvalue weighted by atomic mass is 10.2. The van der Waals surface area contributed by atoms with Crippen LogP contribution in [0.5, 0.6) is 0 Å². The summed E-state index contributed by atoms with van der Waals surface area (Å²) in [4.78, 5) is 0. The lowest BCUT2D eigenvalue weighted by Crippen LogP contribution is -2.32. The zero-order chi connectivity index (χ0) is 8.53. The maximum Gasteiger partial charge on any atom is 0.0477 e. The van der Waals surface area contributed by atoms with E-state index in [4.69, 9.17) is 4.74 Å². The van der Waals surface area contributed by atoms with E-state index < -0.39 is 0 Å². The molecule has 0 heterocycles. The highest BCUT2D eigenvalue weighted by molar-refractivity contribution is 7.98. The molecule has 0 aromatic rings.